The van der Waals surface area contributed by atoms with Crippen LogP contribution in [0.25, 0.3) is 0 Å². The smallest absolute Gasteiger partial charge is 0.334 e. The molecule has 1 N–H and O–H groups in total. The predicted molar refractivity (Wildman–Crippen MR) is 95.3 cm³/mol. The zero-order chi connectivity index (χ0) is 19.3. The van der Waals surface area contributed by atoms with E-state index in [0.29, 0.717) is 36.5 Å². The second-order valence-electron chi connectivity index (χ2n) is 8.37. The van der Waals surface area contributed by atoms with Gasteiger partial charge in [0.2, 0.25) is 0 Å². The van der Waals surface area contributed by atoms with Gasteiger partial charge in [-0.25, -0.2) is 4.79 Å². The van der Waals surface area contributed by atoms with E-state index in [1.54, 1.807) is 20.1 Å². The summed E-state index contributed by atoms with van der Waals surface area (Å²) in [7, 11) is 1.62. The molecule has 2 bridgehead atoms. The van der Waals surface area contributed by atoms with Crippen molar-refractivity contribution in [2.45, 2.75) is 70.2 Å². The maximum absolute atomic E-state index is 12.2. The van der Waals surface area contributed by atoms with E-state index in [4.69, 9.17) is 18.9 Å². The van der Waals surface area contributed by atoms with Crippen LogP contribution in [-0.2, 0) is 23.7 Å². The molecular weight excluding hydrogens is 336 g/mol. The van der Waals surface area contributed by atoms with E-state index in [1.807, 2.05) is 6.92 Å². The van der Waals surface area contributed by atoms with Crippen molar-refractivity contribution in [3.63, 3.8) is 0 Å². The molecule has 0 unspecified atom stereocenters. The quantitative estimate of drug-likeness (QED) is 0.468. The Kier molecular flexibility index (Phi) is 5.07. The summed E-state index contributed by atoms with van der Waals surface area (Å²) >= 11 is 0. The topological polar surface area (TPSA) is 74.2 Å². The minimum atomic E-state index is -1.44. The van der Waals surface area contributed by atoms with E-state index in [1.165, 1.54) is 0 Å². The zero-order valence-electron chi connectivity index (χ0n) is 16.3. The first-order valence-corrected chi connectivity index (χ1v) is 9.25. The van der Waals surface area contributed by atoms with Crippen molar-refractivity contribution >= 4 is 5.97 Å². The van der Waals surface area contributed by atoms with Crippen molar-refractivity contribution in [1.82, 2.24) is 0 Å². The average molecular weight is 366 g/mol. The lowest BCUT2D eigenvalue weighted by Crippen LogP contribution is -2.45. The van der Waals surface area contributed by atoms with Crippen molar-refractivity contribution in [1.29, 1.82) is 0 Å². The largest absolute Gasteiger partial charge is 0.454 e. The lowest BCUT2D eigenvalue weighted by molar-refractivity contribution is -0.210. The van der Waals surface area contributed by atoms with Gasteiger partial charge in [-0.2, -0.15) is 0 Å². The molecule has 2 fully saturated rings. The monoisotopic (exact) mass is 366 g/mol. The first-order chi connectivity index (χ1) is 12.1. The Morgan fingerprint density at radius 3 is 2.73 bits per heavy atom. The molecule has 0 aromatic rings. The van der Waals surface area contributed by atoms with Gasteiger partial charge in [0.05, 0.1) is 23.7 Å². The second-order valence-corrected chi connectivity index (χ2v) is 8.37. The first-order valence-electron chi connectivity index (χ1n) is 9.25. The molecule has 0 aromatic carbocycles. The molecule has 0 aromatic heterocycles. The van der Waals surface area contributed by atoms with Gasteiger partial charge in [-0.05, 0) is 31.4 Å². The van der Waals surface area contributed by atoms with Gasteiger partial charge in [0.1, 0.15) is 6.10 Å². The highest BCUT2D eigenvalue weighted by Gasteiger charge is 2.58. The van der Waals surface area contributed by atoms with Gasteiger partial charge in [0, 0.05) is 32.1 Å². The number of methoxy groups -OCH3 is 1. The van der Waals surface area contributed by atoms with Crippen LogP contribution < -0.4 is 0 Å². The van der Waals surface area contributed by atoms with Crippen molar-refractivity contribution in [2.24, 2.45) is 11.8 Å². The van der Waals surface area contributed by atoms with Gasteiger partial charge in [0.25, 0.3) is 0 Å². The number of hydrogen-bond donors (Lipinski definition) is 1. The summed E-state index contributed by atoms with van der Waals surface area (Å²) in [6.07, 6.45) is 1.45. The highest BCUT2D eigenvalue weighted by molar-refractivity contribution is 5.91. The van der Waals surface area contributed by atoms with Gasteiger partial charge in [-0.1, -0.05) is 20.4 Å². The van der Waals surface area contributed by atoms with Crippen molar-refractivity contribution in [3.05, 3.63) is 23.8 Å². The Balaban J connectivity index is 2.04. The van der Waals surface area contributed by atoms with E-state index in [0.717, 1.165) is 0 Å². The standard InChI is InChI=1S/C20H30O6/c1-11(2)10-24-15-8-19(5)16(23-6)9-20(22,26-19)12(3)7-14-17(15)13(4)18(21)25-14/h7,11,14-17,22H,4,8-10H2,1-3,5-6H3/b12-7-/t14-,15-,16-,17+,19-,20-/m1/s1. The predicted octanol–water partition coefficient (Wildman–Crippen LogP) is 2.36. The molecule has 0 saturated carbocycles. The van der Waals surface area contributed by atoms with Crippen molar-refractivity contribution in [3.8, 4) is 0 Å². The second kappa shape index (κ2) is 6.75. The molecule has 146 valence electrons. The molecule has 26 heavy (non-hydrogen) atoms. The molecule has 3 aliphatic rings. The van der Waals surface area contributed by atoms with E-state index in [-0.39, 0.29) is 18.1 Å². The van der Waals surface area contributed by atoms with Crippen LogP contribution in [0.3, 0.4) is 0 Å². The highest BCUT2D eigenvalue weighted by atomic mass is 16.7. The van der Waals surface area contributed by atoms with Gasteiger partial charge >= 0.3 is 5.97 Å². The average Bonchev–Trinajstić information content (AvgIpc) is 2.98. The van der Waals surface area contributed by atoms with Crippen LogP contribution in [0, 0.1) is 11.8 Å². The number of aliphatic hydroxyl groups is 1. The molecule has 6 nitrogen and oxygen atoms in total. The molecule has 0 amide bonds. The summed E-state index contributed by atoms with van der Waals surface area (Å²) in [5.41, 5.74) is 0.279. The minimum absolute atomic E-state index is 0.288. The van der Waals surface area contributed by atoms with Crippen LogP contribution in [0.5, 0.6) is 0 Å². The Hall–Kier alpha value is -1.21. The molecule has 0 spiro atoms. The Bertz CT molecular complexity index is 626. The lowest BCUT2D eigenvalue weighted by Gasteiger charge is -2.36. The van der Waals surface area contributed by atoms with E-state index in [2.05, 4.69) is 20.4 Å². The molecule has 3 rings (SSSR count). The molecule has 3 aliphatic heterocycles. The zero-order valence-corrected chi connectivity index (χ0v) is 16.3. The Morgan fingerprint density at radius 1 is 1.42 bits per heavy atom. The third-order valence-corrected chi connectivity index (χ3v) is 5.77. The summed E-state index contributed by atoms with van der Waals surface area (Å²) in [5.74, 6) is -1.81. The van der Waals surface area contributed by atoms with Gasteiger partial charge in [0.15, 0.2) is 5.79 Å². The molecule has 0 aliphatic carbocycles. The fourth-order valence-electron chi connectivity index (χ4n) is 4.27. The normalized spacial score (nSPS) is 44.8. The molecule has 2 saturated heterocycles. The molecular formula is C20H30O6. The fourth-order valence-corrected chi connectivity index (χ4v) is 4.27. The van der Waals surface area contributed by atoms with Crippen LogP contribution >= 0.6 is 0 Å². The van der Waals surface area contributed by atoms with Crippen molar-refractivity contribution < 1.29 is 28.8 Å². The number of ether oxygens (including phenoxy) is 4. The molecule has 6 heteroatoms. The summed E-state index contributed by atoms with van der Waals surface area (Å²) < 4.78 is 23.5. The highest BCUT2D eigenvalue weighted by Crippen LogP contribution is 2.48. The first kappa shape index (κ1) is 19.5. The third-order valence-electron chi connectivity index (χ3n) is 5.77. The summed E-state index contributed by atoms with van der Waals surface area (Å²) in [4.78, 5) is 12.2. The molecule has 0 radical (unpaired) electrons. The van der Waals surface area contributed by atoms with Gasteiger partial charge in [-0.3, -0.25) is 0 Å². The number of hydrogen-bond acceptors (Lipinski definition) is 6. The lowest BCUT2D eigenvalue weighted by atomic mass is 9.80. The van der Waals surface area contributed by atoms with Gasteiger partial charge < -0.3 is 24.1 Å². The Labute approximate surface area is 155 Å². The summed E-state index contributed by atoms with van der Waals surface area (Å²) in [6.45, 7) is 12.4. The summed E-state index contributed by atoms with van der Waals surface area (Å²) in [5, 5.41) is 11.1. The number of rotatable bonds is 4. The van der Waals surface area contributed by atoms with E-state index in [9.17, 15) is 9.90 Å². The van der Waals surface area contributed by atoms with Crippen LogP contribution in [0.15, 0.2) is 23.8 Å². The number of esters is 1. The van der Waals surface area contributed by atoms with E-state index < -0.39 is 23.5 Å². The maximum atomic E-state index is 12.2. The van der Waals surface area contributed by atoms with Crippen LogP contribution in [0.4, 0.5) is 0 Å². The van der Waals surface area contributed by atoms with Gasteiger partial charge in [-0.15, -0.1) is 0 Å². The number of fused-ring (bicyclic) bond motifs is 3. The summed E-state index contributed by atoms with van der Waals surface area (Å²) in [6, 6.07) is 0. The number of carbonyl (C=O) groups is 1. The van der Waals surface area contributed by atoms with Crippen LogP contribution in [0.2, 0.25) is 0 Å². The molecule has 3 heterocycles. The van der Waals surface area contributed by atoms with Crippen LogP contribution in [-0.4, -0.2) is 54.5 Å². The Morgan fingerprint density at radius 2 is 2.12 bits per heavy atom. The fraction of sp³-hybridized carbons (Fsp3) is 0.750. The maximum Gasteiger partial charge on any atom is 0.334 e. The number of carbonyl (C=O) groups excluding carboxylic acids is 1. The third kappa shape index (κ3) is 3.24. The van der Waals surface area contributed by atoms with Crippen molar-refractivity contribution in [2.75, 3.05) is 13.7 Å². The molecule has 6 atom stereocenters. The SMILES string of the molecule is C=C1C(=O)O[C@@H]2/C=C(/C)[C@@]3(O)C[C@@H](OC)[C@@](C)(C[C@@H](OCC(C)C)[C@@H]12)O3. The van der Waals surface area contributed by atoms with E-state index >= 15 is 0 Å². The van der Waals surface area contributed by atoms with Crippen LogP contribution in [0.1, 0.15) is 40.5 Å². The minimum Gasteiger partial charge on any atom is -0.454 e.